The van der Waals surface area contributed by atoms with Crippen molar-refractivity contribution >= 4 is 48.9 Å². The molecule has 0 saturated heterocycles. The molecule has 0 aliphatic rings. The Balaban J connectivity index is 1.78. The van der Waals surface area contributed by atoms with Crippen LogP contribution in [0.25, 0.3) is 21.7 Å². The molecule has 0 aliphatic carbocycles. The summed E-state index contributed by atoms with van der Waals surface area (Å²) >= 11 is 0. The monoisotopic (exact) mass is 378 g/mol. The summed E-state index contributed by atoms with van der Waals surface area (Å²) in [4.78, 5) is 4.04. The number of pyridine rings is 1. The van der Waals surface area contributed by atoms with Gasteiger partial charge in [-0.25, -0.2) is 0 Å². The topological polar surface area (TPSA) is 118 Å². The van der Waals surface area contributed by atoms with Crippen LogP contribution >= 0.6 is 0 Å². The van der Waals surface area contributed by atoms with Gasteiger partial charge in [-0.15, -0.1) is 5.11 Å². The molecule has 1 heterocycles. The molecule has 0 radical (unpaired) electrons. The lowest BCUT2D eigenvalue weighted by atomic mass is 10.1. The van der Waals surface area contributed by atoms with Gasteiger partial charge >= 0.3 is 0 Å². The Labute approximate surface area is 154 Å². The number of aromatic nitrogens is 1. The van der Waals surface area contributed by atoms with E-state index >= 15 is 0 Å². The molecular formula is C19H14N4O3S. The molecule has 0 amide bonds. The number of nitrogen functional groups attached to an aromatic ring is 1. The molecule has 3 aromatic carbocycles. The van der Waals surface area contributed by atoms with Crippen LogP contribution in [0.3, 0.4) is 0 Å². The molecule has 0 bridgehead atoms. The highest BCUT2D eigenvalue weighted by Gasteiger charge is 2.12. The van der Waals surface area contributed by atoms with Crippen LogP contribution in [0.2, 0.25) is 0 Å². The van der Waals surface area contributed by atoms with Gasteiger partial charge in [0.2, 0.25) is 0 Å². The molecule has 0 saturated carbocycles. The lowest BCUT2D eigenvalue weighted by Gasteiger charge is -2.06. The van der Waals surface area contributed by atoms with Gasteiger partial charge in [0.05, 0.1) is 21.8 Å². The highest BCUT2D eigenvalue weighted by atomic mass is 32.2. The van der Waals surface area contributed by atoms with E-state index in [-0.39, 0.29) is 4.90 Å². The van der Waals surface area contributed by atoms with E-state index in [1.54, 1.807) is 24.4 Å². The first-order valence-corrected chi connectivity index (χ1v) is 9.42. The minimum Gasteiger partial charge on any atom is -0.398 e. The largest absolute Gasteiger partial charge is 0.398 e. The smallest absolute Gasteiger partial charge is 0.294 e. The van der Waals surface area contributed by atoms with Crippen LogP contribution in [0.5, 0.6) is 0 Å². The second kappa shape index (κ2) is 6.42. The number of nitrogens with zero attached hydrogens (tertiary/aromatic N) is 3. The van der Waals surface area contributed by atoms with E-state index in [0.29, 0.717) is 27.8 Å². The second-order valence-corrected chi connectivity index (χ2v) is 7.36. The summed E-state index contributed by atoms with van der Waals surface area (Å²) < 4.78 is 31.9. The van der Waals surface area contributed by atoms with Crippen LogP contribution in [0, 0.1) is 0 Å². The van der Waals surface area contributed by atoms with Gasteiger partial charge in [-0.1, -0.05) is 12.1 Å². The number of hydrogen-bond donors (Lipinski definition) is 2. The molecule has 27 heavy (non-hydrogen) atoms. The fourth-order valence-corrected chi connectivity index (χ4v) is 3.33. The third kappa shape index (κ3) is 3.35. The van der Waals surface area contributed by atoms with Crippen LogP contribution < -0.4 is 5.73 Å². The van der Waals surface area contributed by atoms with Gasteiger partial charge in [0, 0.05) is 28.0 Å². The Morgan fingerprint density at radius 1 is 0.926 bits per heavy atom. The molecule has 4 aromatic rings. The average molecular weight is 378 g/mol. The standard InChI is InChI=1S/C19H14N4O3S/c20-17-6-8-19(15-5-4-14(11-16(15)17)27(24,25)26)23-22-13-3-7-18-12(10-13)2-1-9-21-18/h1-11H,20H2,(H,24,25,26)/b23-22+. The molecule has 0 spiro atoms. The number of nitrogens with two attached hydrogens (primary N) is 1. The van der Waals surface area contributed by atoms with Crippen LogP contribution in [-0.4, -0.2) is 18.0 Å². The molecule has 4 rings (SSSR count). The van der Waals surface area contributed by atoms with Crippen molar-refractivity contribution in [3.63, 3.8) is 0 Å². The third-order valence-corrected chi connectivity index (χ3v) is 5.01. The first kappa shape index (κ1) is 17.1. The zero-order valence-electron chi connectivity index (χ0n) is 13.9. The zero-order valence-corrected chi connectivity index (χ0v) is 14.8. The Morgan fingerprint density at radius 2 is 1.78 bits per heavy atom. The molecule has 0 fully saturated rings. The third-order valence-electron chi connectivity index (χ3n) is 4.16. The molecule has 0 atom stereocenters. The summed E-state index contributed by atoms with van der Waals surface area (Å²) in [5, 5.41) is 10.6. The van der Waals surface area contributed by atoms with Gasteiger partial charge in [0.15, 0.2) is 0 Å². The number of hydrogen-bond acceptors (Lipinski definition) is 6. The molecule has 7 nitrogen and oxygen atoms in total. The van der Waals surface area contributed by atoms with E-state index in [4.69, 9.17) is 5.73 Å². The molecule has 0 unspecified atom stereocenters. The fourth-order valence-electron chi connectivity index (χ4n) is 2.82. The van der Waals surface area contributed by atoms with E-state index in [1.807, 2.05) is 30.3 Å². The second-order valence-electron chi connectivity index (χ2n) is 5.94. The van der Waals surface area contributed by atoms with Crippen molar-refractivity contribution in [2.24, 2.45) is 10.2 Å². The van der Waals surface area contributed by atoms with Gasteiger partial charge in [-0.05, 0) is 48.5 Å². The lowest BCUT2D eigenvalue weighted by Crippen LogP contribution is -1.98. The van der Waals surface area contributed by atoms with Crippen molar-refractivity contribution in [1.82, 2.24) is 4.98 Å². The van der Waals surface area contributed by atoms with Crippen molar-refractivity contribution in [3.8, 4) is 0 Å². The summed E-state index contributed by atoms with van der Waals surface area (Å²) in [6.07, 6.45) is 1.73. The average Bonchev–Trinajstić information content (AvgIpc) is 2.66. The lowest BCUT2D eigenvalue weighted by molar-refractivity contribution is 0.483. The van der Waals surface area contributed by atoms with Crippen molar-refractivity contribution in [2.75, 3.05) is 5.73 Å². The van der Waals surface area contributed by atoms with Crippen LogP contribution in [-0.2, 0) is 10.1 Å². The van der Waals surface area contributed by atoms with Crippen molar-refractivity contribution in [2.45, 2.75) is 4.90 Å². The number of benzene rings is 3. The quantitative estimate of drug-likeness (QED) is 0.306. The Kier molecular flexibility index (Phi) is 4.06. The highest BCUT2D eigenvalue weighted by molar-refractivity contribution is 7.85. The van der Waals surface area contributed by atoms with Gasteiger partial charge in [0.1, 0.15) is 0 Å². The van der Waals surface area contributed by atoms with E-state index in [0.717, 1.165) is 10.9 Å². The predicted octanol–water partition coefficient (Wildman–Crippen LogP) is 4.63. The van der Waals surface area contributed by atoms with Crippen LogP contribution in [0.4, 0.5) is 17.1 Å². The van der Waals surface area contributed by atoms with E-state index in [1.165, 1.54) is 12.1 Å². The summed E-state index contributed by atoms with van der Waals surface area (Å²) in [7, 11) is -4.32. The number of fused-ring (bicyclic) bond motifs is 2. The first-order chi connectivity index (χ1) is 12.9. The summed E-state index contributed by atoms with van der Waals surface area (Å²) in [5.74, 6) is 0. The summed E-state index contributed by atoms with van der Waals surface area (Å²) in [5.41, 5.74) is 8.40. The van der Waals surface area contributed by atoms with Crippen molar-refractivity contribution < 1.29 is 13.0 Å². The van der Waals surface area contributed by atoms with E-state index in [2.05, 4.69) is 15.2 Å². The maximum atomic E-state index is 11.4. The van der Waals surface area contributed by atoms with Gasteiger partial charge in [-0.2, -0.15) is 13.5 Å². The summed E-state index contributed by atoms with van der Waals surface area (Å²) in [6.45, 7) is 0. The van der Waals surface area contributed by atoms with Crippen LogP contribution in [0.1, 0.15) is 0 Å². The normalized spacial score (nSPS) is 12.2. The molecule has 134 valence electrons. The number of anilines is 1. The predicted molar refractivity (Wildman–Crippen MR) is 104 cm³/mol. The number of azo groups is 1. The van der Waals surface area contributed by atoms with E-state index < -0.39 is 10.1 Å². The zero-order chi connectivity index (χ0) is 19.0. The number of rotatable bonds is 3. The van der Waals surface area contributed by atoms with E-state index in [9.17, 15) is 13.0 Å². The van der Waals surface area contributed by atoms with Crippen LogP contribution in [0.15, 0.2) is 82.0 Å². The van der Waals surface area contributed by atoms with Gasteiger partial charge in [-0.3, -0.25) is 9.54 Å². The molecule has 0 aliphatic heterocycles. The highest BCUT2D eigenvalue weighted by Crippen LogP contribution is 2.33. The fraction of sp³-hybridized carbons (Fsp3) is 0. The maximum absolute atomic E-state index is 11.4. The first-order valence-electron chi connectivity index (χ1n) is 7.98. The van der Waals surface area contributed by atoms with Gasteiger partial charge in [0.25, 0.3) is 10.1 Å². The molecule has 8 heteroatoms. The molecular weight excluding hydrogens is 364 g/mol. The van der Waals surface area contributed by atoms with Crippen molar-refractivity contribution in [1.29, 1.82) is 0 Å². The summed E-state index contributed by atoms with van der Waals surface area (Å²) in [6, 6.07) is 16.8. The maximum Gasteiger partial charge on any atom is 0.294 e. The minimum absolute atomic E-state index is 0.224. The Morgan fingerprint density at radius 3 is 2.59 bits per heavy atom. The Hall–Kier alpha value is -3.36. The van der Waals surface area contributed by atoms with Gasteiger partial charge < -0.3 is 5.73 Å². The SMILES string of the molecule is Nc1ccc(/N=N/c2ccc3ncccc3c2)c2ccc(S(=O)(=O)O)cc12. The molecule has 1 aromatic heterocycles. The van der Waals surface area contributed by atoms with Crippen molar-refractivity contribution in [3.05, 3.63) is 66.9 Å². The Bertz CT molecular complexity index is 1320. The molecule has 3 N–H and O–H groups in total. The minimum atomic E-state index is -4.32.